The second kappa shape index (κ2) is 7.12. The number of nitrogen functional groups attached to an aromatic ring is 1. The van der Waals surface area contributed by atoms with E-state index < -0.39 is 0 Å². The van der Waals surface area contributed by atoms with E-state index in [1.54, 1.807) is 25.6 Å². The van der Waals surface area contributed by atoms with Crippen LogP contribution in [-0.2, 0) is 30.2 Å². The number of nitrogens with two attached hydrogens (primary N) is 1. The molecule has 0 saturated heterocycles. The average molecular weight is 387 g/mol. The number of aryl methyl sites for hydroxylation is 2. The molecule has 0 aliphatic carbocycles. The Balaban J connectivity index is 2.20. The van der Waals surface area contributed by atoms with Gasteiger partial charge < -0.3 is 10.5 Å². The molecule has 9 heteroatoms. The van der Waals surface area contributed by atoms with Gasteiger partial charge in [0.1, 0.15) is 0 Å². The average Bonchev–Trinajstić information content (AvgIpc) is 2.76. The van der Waals surface area contributed by atoms with Gasteiger partial charge in [0.15, 0.2) is 0 Å². The van der Waals surface area contributed by atoms with Gasteiger partial charge in [0, 0.05) is 29.4 Å². The Morgan fingerprint density at radius 2 is 2.04 bits per heavy atom. The van der Waals surface area contributed by atoms with Gasteiger partial charge in [-0.25, -0.2) is 9.13 Å². The van der Waals surface area contributed by atoms with Crippen LogP contribution in [0.5, 0.6) is 0 Å². The maximum atomic E-state index is 12.4. The topological polar surface area (TPSA) is 96.0 Å². The predicted molar refractivity (Wildman–Crippen MR) is 88.7 cm³/mol. The van der Waals surface area contributed by atoms with E-state index in [2.05, 4.69) is 20.9 Å². The molecular weight excluding hydrogens is 366 g/mol. The molecule has 0 aromatic carbocycles. The summed E-state index contributed by atoms with van der Waals surface area (Å²) in [5.74, 6) is -0.0202. The molecule has 0 atom stereocenters. The van der Waals surface area contributed by atoms with Crippen LogP contribution in [0.4, 0.5) is 5.95 Å². The van der Waals surface area contributed by atoms with Crippen molar-refractivity contribution in [1.29, 1.82) is 0 Å². The SMILES string of the molecule is CCC(=O)OCCCC[n+]1c(Br)n(C)c2c(=O)n(C)c(N)nc21. The second-order valence-corrected chi connectivity index (χ2v) is 5.98. The third-order valence-electron chi connectivity index (χ3n) is 3.70. The predicted octanol–water partition coefficient (Wildman–Crippen LogP) is 0.638. The van der Waals surface area contributed by atoms with Gasteiger partial charge >= 0.3 is 17.2 Å². The highest BCUT2D eigenvalue weighted by molar-refractivity contribution is 9.10. The van der Waals surface area contributed by atoms with Crippen LogP contribution in [0.3, 0.4) is 0 Å². The van der Waals surface area contributed by atoms with E-state index in [0.29, 0.717) is 30.7 Å². The highest BCUT2D eigenvalue weighted by atomic mass is 79.9. The molecule has 2 N–H and O–H groups in total. The number of hydrogen-bond acceptors (Lipinski definition) is 5. The number of nitrogens with zero attached hydrogens (tertiary/aromatic N) is 4. The molecule has 8 nitrogen and oxygen atoms in total. The molecule has 0 aliphatic rings. The van der Waals surface area contributed by atoms with Crippen molar-refractivity contribution in [3.63, 3.8) is 0 Å². The molecule has 0 aliphatic heterocycles. The molecule has 126 valence electrons. The summed E-state index contributed by atoms with van der Waals surface area (Å²) in [6.45, 7) is 2.80. The maximum absolute atomic E-state index is 12.4. The van der Waals surface area contributed by atoms with Gasteiger partial charge in [0.2, 0.25) is 5.52 Å². The number of carbonyl (C=O) groups is 1. The quantitative estimate of drug-likeness (QED) is 0.340. The molecule has 2 aromatic rings. The maximum Gasteiger partial charge on any atom is 0.312 e. The minimum atomic E-state index is -0.193. The highest BCUT2D eigenvalue weighted by Crippen LogP contribution is 2.13. The molecule has 0 spiro atoms. The summed E-state index contributed by atoms with van der Waals surface area (Å²) in [5, 5.41) is 0. The molecule has 0 unspecified atom stereocenters. The molecule has 2 aromatic heterocycles. The zero-order chi connectivity index (χ0) is 17.1. The number of hydrogen-bond donors (Lipinski definition) is 1. The fourth-order valence-electron chi connectivity index (χ4n) is 2.30. The molecule has 2 rings (SSSR count). The summed E-state index contributed by atoms with van der Waals surface area (Å²) >= 11 is 3.49. The van der Waals surface area contributed by atoms with Crippen molar-refractivity contribution in [2.45, 2.75) is 32.7 Å². The lowest BCUT2D eigenvalue weighted by atomic mass is 10.3. The number of halogens is 1. The molecule has 2 heterocycles. The van der Waals surface area contributed by atoms with Crippen LogP contribution in [0.2, 0.25) is 0 Å². The van der Waals surface area contributed by atoms with Crippen LogP contribution in [0.15, 0.2) is 9.53 Å². The molecular formula is C14H21BrN5O3+. The van der Waals surface area contributed by atoms with Gasteiger partial charge in [-0.1, -0.05) is 11.9 Å². The third-order valence-corrected chi connectivity index (χ3v) is 4.66. The van der Waals surface area contributed by atoms with Crippen molar-refractivity contribution in [2.24, 2.45) is 14.1 Å². The van der Waals surface area contributed by atoms with Crippen LogP contribution in [0, 0.1) is 0 Å². The molecule has 0 radical (unpaired) electrons. The number of unbranched alkanes of at least 4 members (excludes halogenated alkanes) is 1. The van der Waals surface area contributed by atoms with Crippen molar-refractivity contribution >= 4 is 39.0 Å². The number of rotatable bonds is 6. The normalized spacial score (nSPS) is 11.1. The lowest BCUT2D eigenvalue weighted by Crippen LogP contribution is -2.36. The van der Waals surface area contributed by atoms with Crippen LogP contribution < -0.4 is 15.9 Å². The first-order chi connectivity index (χ1) is 10.9. The van der Waals surface area contributed by atoms with Crippen molar-refractivity contribution < 1.29 is 14.1 Å². The molecule has 0 amide bonds. The Morgan fingerprint density at radius 1 is 1.35 bits per heavy atom. The number of fused-ring (bicyclic) bond motifs is 1. The smallest absolute Gasteiger partial charge is 0.312 e. The first-order valence-electron chi connectivity index (χ1n) is 7.44. The van der Waals surface area contributed by atoms with Crippen molar-refractivity contribution in [3.8, 4) is 0 Å². The summed E-state index contributed by atoms with van der Waals surface area (Å²) in [6, 6.07) is 0. The Morgan fingerprint density at radius 3 is 2.70 bits per heavy atom. The van der Waals surface area contributed by atoms with Gasteiger partial charge in [-0.3, -0.25) is 14.2 Å². The number of ether oxygens (including phenoxy) is 1. The lowest BCUT2D eigenvalue weighted by molar-refractivity contribution is -0.685. The molecule has 0 fully saturated rings. The lowest BCUT2D eigenvalue weighted by Gasteiger charge is -2.03. The minimum absolute atomic E-state index is 0.172. The van der Waals surface area contributed by atoms with Crippen LogP contribution in [0.1, 0.15) is 26.2 Å². The van der Waals surface area contributed by atoms with Crippen molar-refractivity contribution in [2.75, 3.05) is 12.3 Å². The fraction of sp³-hybridized carbons (Fsp3) is 0.571. The summed E-state index contributed by atoms with van der Waals surface area (Å²) < 4.78 is 10.8. The van der Waals surface area contributed by atoms with E-state index in [-0.39, 0.29) is 17.5 Å². The van der Waals surface area contributed by atoms with E-state index in [0.717, 1.165) is 17.6 Å². The van der Waals surface area contributed by atoms with Gasteiger partial charge in [0.05, 0.1) is 20.2 Å². The minimum Gasteiger partial charge on any atom is -0.466 e. The fourth-order valence-corrected chi connectivity index (χ4v) is 2.82. The first-order valence-corrected chi connectivity index (χ1v) is 8.23. The van der Waals surface area contributed by atoms with E-state index >= 15 is 0 Å². The van der Waals surface area contributed by atoms with Crippen LogP contribution in [0.25, 0.3) is 11.2 Å². The number of imidazole rings is 1. The van der Waals surface area contributed by atoms with Crippen molar-refractivity contribution in [3.05, 3.63) is 15.1 Å². The zero-order valence-corrected chi connectivity index (χ0v) is 15.1. The zero-order valence-electron chi connectivity index (χ0n) is 13.5. The standard InChI is InChI=1S/C14H20BrN5O3/c1-4-9(21)23-8-6-5-7-20-11-10(18(2)13(20)15)12(22)19(3)14(16)17-11/h4-8H2,1-3H3,(H-,16,17,22)/p+1. The number of esters is 1. The Labute approximate surface area is 142 Å². The Bertz CT molecular complexity index is 796. The van der Waals surface area contributed by atoms with Crippen molar-refractivity contribution in [1.82, 2.24) is 14.1 Å². The monoisotopic (exact) mass is 386 g/mol. The first kappa shape index (κ1) is 17.5. The Kier molecular flexibility index (Phi) is 5.40. The number of carbonyl (C=O) groups excluding carboxylic acids is 1. The molecule has 0 saturated carbocycles. The summed E-state index contributed by atoms with van der Waals surface area (Å²) in [6.07, 6.45) is 1.91. The van der Waals surface area contributed by atoms with E-state index in [1.807, 2.05) is 4.57 Å². The highest BCUT2D eigenvalue weighted by Gasteiger charge is 2.25. The van der Waals surface area contributed by atoms with Gasteiger partial charge in [0.25, 0.3) is 10.7 Å². The van der Waals surface area contributed by atoms with E-state index in [1.165, 1.54) is 4.57 Å². The Hall–Kier alpha value is -1.90. The van der Waals surface area contributed by atoms with Gasteiger partial charge in [-0.2, -0.15) is 0 Å². The number of anilines is 1. The summed E-state index contributed by atoms with van der Waals surface area (Å²) in [7, 11) is 3.39. The molecule has 0 bridgehead atoms. The number of aromatic nitrogens is 4. The molecule has 23 heavy (non-hydrogen) atoms. The van der Waals surface area contributed by atoms with Gasteiger partial charge in [-0.05, 0) is 12.8 Å². The second-order valence-electron chi connectivity index (χ2n) is 5.27. The van der Waals surface area contributed by atoms with Gasteiger partial charge in [-0.15, -0.1) is 0 Å². The largest absolute Gasteiger partial charge is 0.466 e. The van der Waals surface area contributed by atoms with Crippen LogP contribution in [-0.4, -0.2) is 26.7 Å². The van der Waals surface area contributed by atoms with Crippen LogP contribution >= 0.6 is 15.9 Å². The summed E-state index contributed by atoms with van der Waals surface area (Å²) in [4.78, 5) is 27.8. The summed E-state index contributed by atoms with van der Waals surface area (Å²) in [5.41, 5.74) is 6.65. The van der Waals surface area contributed by atoms with E-state index in [4.69, 9.17) is 10.5 Å². The third kappa shape index (κ3) is 3.39. The van der Waals surface area contributed by atoms with E-state index in [9.17, 15) is 9.59 Å².